The lowest BCUT2D eigenvalue weighted by molar-refractivity contribution is 0.415. The van der Waals surface area contributed by atoms with Gasteiger partial charge in [-0.25, -0.2) is 4.39 Å². The van der Waals surface area contributed by atoms with E-state index in [-0.39, 0.29) is 28.5 Å². The van der Waals surface area contributed by atoms with Crippen molar-refractivity contribution in [2.75, 3.05) is 18.2 Å². The van der Waals surface area contributed by atoms with Gasteiger partial charge in [0.25, 0.3) is 5.56 Å². The van der Waals surface area contributed by atoms with E-state index in [0.717, 1.165) is 0 Å². The number of nitrogens with zero attached hydrogens (tertiary/aromatic N) is 1. The van der Waals surface area contributed by atoms with E-state index in [9.17, 15) is 9.18 Å². The summed E-state index contributed by atoms with van der Waals surface area (Å²) in [5, 5.41) is 2.81. The minimum atomic E-state index is -0.464. The molecule has 2 rings (SSSR count). The van der Waals surface area contributed by atoms with Crippen molar-refractivity contribution in [3.63, 3.8) is 0 Å². The zero-order valence-electron chi connectivity index (χ0n) is 10.9. The van der Waals surface area contributed by atoms with Crippen LogP contribution >= 0.6 is 15.9 Å². The summed E-state index contributed by atoms with van der Waals surface area (Å²) >= 11 is 3.18. The second kappa shape index (κ2) is 5.54. The molecule has 0 spiro atoms. The highest BCUT2D eigenvalue weighted by Crippen LogP contribution is 2.30. The van der Waals surface area contributed by atoms with Crippen LogP contribution < -0.4 is 21.3 Å². The minimum Gasteiger partial charge on any atom is -0.494 e. The number of nitrogens with two attached hydrogens (primary N) is 1. The first-order chi connectivity index (χ1) is 9.43. The van der Waals surface area contributed by atoms with E-state index in [1.165, 1.54) is 30.9 Å². The van der Waals surface area contributed by atoms with Gasteiger partial charge >= 0.3 is 0 Å². The summed E-state index contributed by atoms with van der Waals surface area (Å²) in [6.45, 7) is 0. The third-order valence-electron chi connectivity index (χ3n) is 2.85. The molecule has 20 heavy (non-hydrogen) atoms. The van der Waals surface area contributed by atoms with Gasteiger partial charge in [-0.05, 0) is 18.2 Å². The SMILES string of the molecule is COc1cc(=O)n(C)c(Nc2ccc(Br)cc2F)c1N. The maximum absolute atomic E-state index is 13.8. The summed E-state index contributed by atoms with van der Waals surface area (Å²) < 4.78 is 20.8. The van der Waals surface area contributed by atoms with Crippen LogP contribution in [0.15, 0.2) is 33.5 Å². The third-order valence-corrected chi connectivity index (χ3v) is 3.34. The second-order valence-electron chi connectivity index (χ2n) is 4.12. The monoisotopic (exact) mass is 341 g/mol. The fourth-order valence-electron chi connectivity index (χ4n) is 1.73. The number of nitrogen functional groups attached to an aromatic ring is 1. The van der Waals surface area contributed by atoms with E-state index in [4.69, 9.17) is 10.5 Å². The van der Waals surface area contributed by atoms with Crippen LogP contribution in [0.25, 0.3) is 0 Å². The lowest BCUT2D eigenvalue weighted by atomic mass is 10.3. The number of halogens is 2. The van der Waals surface area contributed by atoms with Crippen molar-refractivity contribution in [3.8, 4) is 5.75 Å². The number of rotatable bonds is 3. The molecule has 106 valence electrons. The van der Waals surface area contributed by atoms with Crippen molar-refractivity contribution >= 4 is 33.1 Å². The van der Waals surface area contributed by atoms with Gasteiger partial charge < -0.3 is 15.8 Å². The molecule has 0 aliphatic carbocycles. The zero-order valence-corrected chi connectivity index (χ0v) is 12.5. The summed E-state index contributed by atoms with van der Waals surface area (Å²) in [4.78, 5) is 11.8. The van der Waals surface area contributed by atoms with Crippen LogP contribution in [0, 0.1) is 5.82 Å². The lowest BCUT2D eigenvalue weighted by Gasteiger charge is -2.16. The van der Waals surface area contributed by atoms with Gasteiger partial charge in [-0.3, -0.25) is 9.36 Å². The molecule has 0 radical (unpaired) electrons. The molecule has 0 aliphatic rings. The molecule has 1 heterocycles. The Morgan fingerprint density at radius 3 is 2.70 bits per heavy atom. The number of pyridine rings is 1. The lowest BCUT2D eigenvalue weighted by Crippen LogP contribution is -2.21. The second-order valence-corrected chi connectivity index (χ2v) is 5.04. The predicted molar refractivity (Wildman–Crippen MR) is 80.0 cm³/mol. The summed E-state index contributed by atoms with van der Waals surface area (Å²) in [6.07, 6.45) is 0. The fraction of sp³-hybridized carbons (Fsp3) is 0.154. The molecule has 0 fully saturated rings. The Morgan fingerprint density at radius 2 is 2.10 bits per heavy atom. The van der Waals surface area contributed by atoms with Gasteiger partial charge in [-0.2, -0.15) is 0 Å². The van der Waals surface area contributed by atoms with E-state index in [1.807, 2.05) is 0 Å². The molecular formula is C13H13BrFN3O2. The van der Waals surface area contributed by atoms with E-state index >= 15 is 0 Å². The first kappa shape index (κ1) is 14.4. The van der Waals surface area contributed by atoms with E-state index in [1.54, 1.807) is 12.1 Å². The number of nitrogens with one attached hydrogen (secondary N) is 1. The number of methoxy groups -OCH3 is 1. The smallest absolute Gasteiger partial charge is 0.255 e. The Bertz CT molecular complexity index is 715. The van der Waals surface area contributed by atoms with Gasteiger partial charge in [-0.1, -0.05) is 15.9 Å². The fourth-order valence-corrected chi connectivity index (χ4v) is 2.07. The molecule has 0 unspecified atom stereocenters. The Kier molecular flexibility index (Phi) is 3.99. The van der Waals surface area contributed by atoms with Gasteiger partial charge in [0.2, 0.25) is 0 Å². The van der Waals surface area contributed by atoms with Gasteiger partial charge in [0.1, 0.15) is 17.3 Å². The Morgan fingerprint density at radius 1 is 1.40 bits per heavy atom. The number of hydrogen-bond acceptors (Lipinski definition) is 4. The van der Waals surface area contributed by atoms with Crippen molar-refractivity contribution in [1.82, 2.24) is 4.57 Å². The summed E-state index contributed by atoms with van der Waals surface area (Å²) in [7, 11) is 2.95. The molecule has 5 nitrogen and oxygen atoms in total. The van der Waals surface area contributed by atoms with Crippen LogP contribution in [-0.2, 0) is 7.05 Å². The van der Waals surface area contributed by atoms with Crippen LogP contribution in [0.4, 0.5) is 21.6 Å². The number of anilines is 3. The average Bonchev–Trinajstić information content (AvgIpc) is 2.41. The van der Waals surface area contributed by atoms with Crippen LogP contribution in [0.1, 0.15) is 0 Å². The van der Waals surface area contributed by atoms with Crippen LogP contribution in [0.5, 0.6) is 5.75 Å². The highest BCUT2D eigenvalue weighted by molar-refractivity contribution is 9.10. The highest BCUT2D eigenvalue weighted by Gasteiger charge is 2.13. The van der Waals surface area contributed by atoms with Gasteiger partial charge in [0, 0.05) is 17.6 Å². The van der Waals surface area contributed by atoms with Crippen molar-refractivity contribution in [1.29, 1.82) is 0 Å². The quantitative estimate of drug-likeness (QED) is 0.900. The van der Waals surface area contributed by atoms with Crippen LogP contribution in [-0.4, -0.2) is 11.7 Å². The summed E-state index contributed by atoms with van der Waals surface area (Å²) in [5.74, 6) is 0.0535. The molecule has 1 aromatic heterocycles. The highest BCUT2D eigenvalue weighted by atomic mass is 79.9. The molecule has 1 aromatic carbocycles. The molecule has 0 amide bonds. The molecule has 0 saturated heterocycles. The van der Waals surface area contributed by atoms with E-state index in [2.05, 4.69) is 21.2 Å². The summed E-state index contributed by atoms with van der Waals surface area (Å²) in [6, 6.07) is 5.82. The van der Waals surface area contributed by atoms with Crippen molar-refractivity contribution in [3.05, 3.63) is 44.9 Å². The molecular weight excluding hydrogens is 329 g/mol. The van der Waals surface area contributed by atoms with Crippen LogP contribution in [0.2, 0.25) is 0 Å². The first-order valence-electron chi connectivity index (χ1n) is 5.69. The molecule has 2 aromatic rings. The predicted octanol–water partition coefficient (Wildman–Crippen LogP) is 2.62. The van der Waals surface area contributed by atoms with Gasteiger partial charge in [-0.15, -0.1) is 0 Å². The molecule has 3 N–H and O–H groups in total. The molecule has 7 heteroatoms. The molecule has 0 atom stereocenters. The topological polar surface area (TPSA) is 69.3 Å². The van der Waals surface area contributed by atoms with Crippen molar-refractivity contribution < 1.29 is 9.13 Å². The normalized spacial score (nSPS) is 10.4. The summed E-state index contributed by atoms with van der Waals surface area (Å²) in [5.41, 5.74) is 6.05. The first-order valence-corrected chi connectivity index (χ1v) is 6.49. The number of benzene rings is 1. The van der Waals surface area contributed by atoms with Gasteiger partial charge in [0.15, 0.2) is 5.75 Å². The third kappa shape index (κ3) is 2.62. The Labute approximate surface area is 123 Å². The van der Waals surface area contributed by atoms with Gasteiger partial charge in [0.05, 0.1) is 12.8 Å². The Balaban J connectivity index is 2.53. The molecule has 0 bridgehead atoms. The molecule has 0 saturated carbocycles. The van der Waals surface area contributed by atoms with E-state index in [0.29, 0.717) is 4.47 Å². The average molecular weight is 342 g/mol. The number of hydrogen-bond donors (Lipinski definition) is 2. The van der Waals surface area contributed by atoms with E-state index < -0.39 is 5.82 Å². The maximum Gasteiger partial charge on any atom is 0.255 e. The number of aromatic nitrogens is 1. The zero-order chi connectivity index (χ0) is 14.9. The standard InChI is InChI=1S/C13H13BrFN3O2/c1-18-11(19)6-10(20-2)12(16)13(18)17-9-4-3-7(14)5-8(9)15/h3-6,17H,16H2,1-2H3. The minimum absolute atomic E-state index is 0.211. The maximum atomic E-state index is 13.8. The van der Waals surface area contributed by atoms with Crippen LogP contribution in [0.3, 0.4) is 0 Å². The molecule has 0 aliphatic heterocycles. The van der Waals surface area contributed by atoms with Crippen molar-refractivity contribution in [2.45, 2.75) is 0 Å². The number of ether oxygens (including phenoxy) is 1. The largest absolute Gasteiger partial charge is 0.494 e. The van der Waals surface area contributed by atoms with Crippen molar-refractivity contribution in [2.24, 2.45) is 7.05 Å². The Hall–Kier alpha value is -2.02.